The van der Waals surface area contributed by atoms with Crippen LogP contribution >= 0.6 is 11.8 Å². The zero-order valence-corrected chi connectivity index (χ0v) is 20.1. The van der Waals surface area contributed by atoms with Crippen molar-refractivity contribution >= 4 is 23.7 Å². The van der Waals surface area contributed by atoms with Crippen LogP contribution in [0.2, 0.25) is 0 Å². The van der Waals surface area contributed by atoms with Crippen molar-refractivity contribution in [3.63, 3.8) is 0 Å². The standard InChI is InChI=1S/C25H28N4O3S/c1-5-31-23(30)21-17(4)26-24-27-25(33-6-2)28-29(24)22(21)19-13-9-10-14-20(19)32-15-18-12-8-7-11-16(18)3/h7-14,22H,5-6,15H2,1-4H3,(H,26,27,28). The number of thioether (sulfide) groups is 1. The Labute approximate surface area is 198 Å². The number of hydrogen-bond donors (Lipinski definition) is 1. The summed E-state index contributed by atoms with van der Waals surface area (Å²) in [5.41, 5.74) is 4.29. The van der Waals surface area contributed by atoms with Crippen molar-refractivity contribution in [3.05, 3.63) is 76.5 Å². The molecule has 3 aromatic rings. The first-order valence-electron chi connectivity index (χ1n) is 11.0. The SMILES string of the molecule is CCOC(=O)C1=C(C)Nc2nc(SCC)nn2C1c1ccccc1OCc1ccccc1C. The van der Waals surface area contributed by atoms with Crippen molar-refractivity contribution in [3.8, 4) is 5.75 Å². The van der Waals surface area contributed by atoms with Gasteiger partial charge in [-0.25, -0.2) is 9.48 Å². The van der Waals surface area contributed by atoms with Gasteiger partial charge >= 0.3 is 5.97 Å². The summed E-state index contributed by atoms with van der Waals surface area (Å²) in [5, 5.41) is 8.59. The maximum absolute atomic E-state index is 13.0. The highest BCUT2D eigenvalue weighted by molar-refractivity contribution is 7.99. The predicted octanol–water partition coefficient (Wildman–Crippen LogP) is 5.13. The van der Waals surface area contributed by atoms with E-state index in [0.29, 0.717) is 34.7 Å². The van der Waals surface area contributed by atoms with Crippen LogP contribution in [0.1, 0.15) is 43.5 Å². The first-order chi connectivity index (χ1) is 16.0. The van der Waals surface area contributed by atoms with Crippen LogP contribution in [-0.4, -0.2) is 33.1 Å². The van der Waals surface area contributed by atoms with Gasteiger partial charge in [0, 0.05) is 11.3 Å². The Morgan fingerprint density at radius 2 is 1.88 bits per heavy atom. The third kappa shape index (κ3) is 4.75. The highest BCUT2D eigenvalue weighted by Crippen LogP contribution is 2.40. The van der Waals surface area contributed by atoms with Crippen molar-refractivity contribution in [1.29, 1.82) is 0 Å². The first-order valence-corrected chi connectivity index (χ1v) is 12.0. The number of hydrogen-bond acceptors (Lipinski definition) is 7. The van der Waals surface area contributed by atoms with Crippen molar-refractivity contribution in [1.82, 2.24) is 14.8 Å². The molecule has 0 amide bonds. The van der Waals surface area contributed by atoms with E-state index >= 15 is 0 Å². The Bertz CT molecular complexity index is 1190. The molecule has 33 heavy (non-hydrogen) atoms. The minimum absolute atomic E-state index is 0.287. The summed E-state index contributed by atoms with van der Waals surface area (Å²) in [5.74, 6) is 1.75. The lowest BCUT2D eigenvalue weighted by molar-refractivity contribution is -0.139. The molecular formula is C25H28N4O3S. The van der Waals surface area contributed by atoms with Crippen molar-refractivity contribution in [2.24, 2.45) is 0 Å². The Kier molecular flexibility index (Phi) is 7.03. The molecular weight excluding hydrogens is 436 g/mol. The normalized spacial score (nSPS) is 15.1. The molecule has 1 aliphatic rings. The molecule has 2 aromatic carbocycles. The summed E-state index contributed by atoms with van der Waals surface area (Å²) in [7, 11) is 0. The minimum atomic E-state index is -0.521. The minimum Gasteiger partial charge on any atom is -0.489 e. The highest BCUT2D eigenvalue weighted by Gasteiger charge is 2.36. The van der Waals surface area contributed by atoms with E-state index in [9.17, 15) is 4.79 Å². The van der Waals surface area contributed by atoms with Gasteiger partial charge in [0.15, 0.2) is 0 Å². The maximum atomic E-state index is 13.0. The van der Waals surface area contributed by atoms with E-state index in [2.05, 4.69) is 36.3 Å². The zero-order chi connectivity index (χ0) is 23.4. The number of allylic oxidation sites excluding steroid dienone is 1. The predicted molar refractivity (Wildman–Crippen MR) is 129 cm³/mol. The Hall–Kier alpha value is -3.26. The van der Waals surface area contributed by atoms with Crippen LogP contribution in [-0.2, 0) is 16.1 Å². The summed E-state index contributed by atoms with van der Waals surface area (Å²) in [6.07, 6.45) is 0. The van der Waals surface area contributed by atoms with Gasteiger partial charge in [0.25, 0.3) is 0 Å². The van der Waals surface area contributed by atoms with Crippen molar-refractivity contribution < 1.29 is 14.3 Å². The molecule has 1 aromatic heterocycles. The average molecular weight is 465 g/mol. The van der Waals surface area contributed by atoms with E-state index in [4.69, 9.17) is 14.6 Å². The largest absolute Gasteiger partial charge is 0.489 e. The maximum Gasteiger partial charge on any atom is 0.338 e. The lowest BCUT2D eigenvalue weighted by Crippen LogP contribution is -2.30. The number of aryl methyl sites for hydroxylation is 1. The van der Waals surface area contributed by atoms with Gasteiger partial charge in [-0.15, -0.1) is 5.10 Å². The summed E-state index contributed by atoms with van der Waals surface area (Å²) >= 11 is 1.55. The van der Waals surface area contributed by atoms with Crippen LogP contribution in [0.5, 0.6) is 5.75 Å². The van der Waals surface area contributed by atoms with E-state index < -0.39 is 6.04 Å². The molecule has 0 spiro atoms. The van der Waals surface area contributed by atoms with Crippen LogP contribution in [0.4, 0.5) is 5.95 Å². The first kappa shape index (κ1) is 22.9. The molecule has 0 radical (unpaired) electrons. The van der Waals surface area contributed by atoms with Crippen LogP contribution in [0.25, 0.3) is 0 Å². The number of aromatic nitrogens is 3. The molecule has 1 unspecified atom stereocenters. The fraction of sp³-hybridized carbons (Fsp3) is 0.320. The van der Waals surface area contributed by atoms with E-state index in [0.717, 1.165) is 16.9 Å². The Balaban J connectivity index is 1.78. The molecule has 0 saturated heterocycles. The Morgan fingerprint density at radius 1 is 1.12 bits per heavy atom. The number of anilines is 1. The summed E-state index contributed by atoms with van der Waals surface area (Å²) in [4.78, 5) is 17.7. The molecule has 1 atom stereocenters. The zero-order valence-electron chi connectivity index (χ0n) is 19.3. The van der Waals surface area contributed by atoms with Gasteiger partial charge in [-0.1, -0.05) is 61.2 Å². The molecule has 0 aliphatic carbocycles. The molecule has 0 fully saturated rings. The van der Waals surface area contributed by atoms with Gasteiger partial charge in [0.05, 0.1) is 12.2 Å². The highest BCUT2D eigenvalue weighted by atomic mass is 32.2. The molecule has 8 heteroatoms. The number of fused-ring (bicyclic) bond motifs is 1. The van der Waals surface area contributed by atoms with Crippen LogP contribution in [0.3, 0.4) is 0 Å². The van der Waals surface area contributed by atoms with Crippen LogP contribution in [0, 0.1) is 6.92 Å². The third-order valence-electron chi connectivity index (χ3n) is 5.46. The monoisotopic (exact) mass is 464 g/mol. The van der Waals surface area contributed by atoms with Crippen molar-refractivity contribution in [2.45, 2.75) is 45.5 Å². The average Bonchev–Trinajstić information content (AvgIpc) is 3.20. The van der Waals surface area contributed by atoms with Gasteiger partial charge in [0.2, 0.25) is 11.1 Å². The number of carbonyl (C=O) groups excluding carboxylic acids is 1. The van der Waals surface area contributed by atoms with Gasteiger partial charge in [-0.05, 0) is 43.7 Å². The second-order valence-electron chi connectivity index (χ2n) is 7.64. The summed E-state index contributed by atoms with van der Waals surface area (Å²) in [6.45, 7) is 8.49. The molecule has 0 bridgehead atoms. The number of nitrogens with one attached hydrogen (secondary N) is 1. The van der Waals surface area contributed by atoms with Crippen LogP contribution < -0.4 is 10.1 Å². The number of nitrogens with zero attached hydrogens (tertiary/aromatic N) is 3. The molecule has 1 N–H and O–H groups in total. The topological polar surface area (TPSA) is 78.3 Å². The number of rotatable bonds is 8. The number of ether oxygens (including phenoxy) is 2. The molecule has 4 rings (SSSR count). The van der Waals surface area contributed by atoms with Gasteiger partial charge in [-0.3, -0.25) is 0 Å². The van der Waals surface area contributed by atoms with Gasteiger partial charge in [-0.2, -0.15) is 4.98 Å². The lowest BCUT2D eigenvalue weighted by atomic mass is 9.95. The molecule has 172 valence electrons. The number of para-hydroxylation sites is 1. The molecule has 2 heterocycles. The fourth-order valence-electron chi connectivity index (χ4n) is 3.85. The second kappa shape index (κ2) is 10.1. The quantitative estimate of drug-likeness (QED) is 0.366. The van der Waals surface area contributed by atoms with E-state index in [1.165, 1.54) is 5.56 Å². The van der Waals surface area contributed by atoms with Crippen molar-refractivity contribution in [2.75, 3.05) is 17.7 Å². The number of benzene rings is 2. The molecule has 7 nitrogen and oxygen atoms in total. The number of carbonyl (C=O) groups is 1. The molecule has 1 aliphatic heterocycles. The lowest BCUT2D eigenvalue weighted by Gasteiger charge is -2.29. The van der Waals surface area contributed by atoms with E-state index in [1.807, 2.05) is 43.3 Å². The van der Waals surface area contributed by atoms with E-state index in [1.54, 1.807) is 23.4 Å². The summed E-state index contributed by atoms with van der Waals surface area (Å²) in [6, 6.07) is 15.4. The smallest absolute Gasteiger partial charge is 0.338 e. The van der Waals surface area contributed by atoms with Crippen LogP contribution in [0.15, 0.2) is 65.0 Å². The number of esters is 1. The summed E-state index contributed by atoms with van der Waals surface area (Å²) < 4.78 is 13.5. The second-order valence-corrected chi connectivity index (χ2v) is 8.87. The third-order valence-corrected chi connectivity index (χ3v) is 6.18. The Morgan fingerprint density at radius 3 is 2.64 bits per heavy atom. The fourth-order valence-corrected chi connectivity index (χ4v) is 4.40. The van der Waals surface area contributed by atoms with Gasteiger partial charge in [0.1, 0.15) is 18.4 Å². The molecule has 0 saturated carbocycles. The van der Waals surface area contributed by atoms with E-state index in [-0.39, 0.29) is 12.6 Å². The van der Waals surface area contributed by atoms with Gasteiger partial charge < -0.3 is 14.8 Å².